The summed E-state index contributed by atoms with van der Waals surface area (Å²) < 4.78 is 0. The quantitative estimate of drug-likeness (QED) is 0.580. The molecule has 76 valence electrons. The van der Waals surface area contributed by atoms with Crippen LogP contribution in [-0.4, -0.2) is 32.7 Å². The molecule has 1 aliphatic rings. The third-order valence-corrected chi connectivity index (χ3v) is 2.43. The Kier molecular flexibility index (Phi) is 4.60. The molecule has 4 nitrogen and oxygen atoms in total. The summed E-state index contributed by atoms with van der Waals surface area (Å²) >= 11 is 0. The largest absolute Gasteiger partial charge is 0.341 e. The molecule has 1 heterocycles. The molecule has 1 atom stereocenters. The minimum absolute atomic E-state index is 0.0794. The normalized spacial score (nSPS) is 23.3. The summed E-state index contributed by atoms with van der Waals surface area (Å²) in [5.41, 5.74) is 0. The highest BCUT2D eigenvalue weighted by Gasteiger charge is 2.11. The van der Waals surface area contributed by atoms with Crippen molar-refractivity contribution in [2.75, 3.05) is 26.7 Å². The van der Waals surface area contributed by atoms with Gasteiger partial charge in [0.15, 0.2) is 0 Å². The van der Waals surface area contributed by atoms with Crippen LogP contribution in [0.5, 0.6) is 0 Å². The van der Waals surface area contributed by atoms with Gasteiger partial charge in [0.05, 0.1) is 0 Å². The highest BCUT2D eigenvalue weighted by atomic mass is 16.2. The number of carbonyl (C=O) groups excluding carboxylic acids is 1. The van der Waals surface area contributed by atoms with Crippen LogP contribution in [-0.2, 0) is 0 Å². The Labute approximate surface area is 79.5 Å². The summed E-state index contributed by atoms with van der Waals surface area (Å²) in [5, 5.41) is 8.76. The predicted molar refractivity (Wildman–Crippen MR) is 52.7 cm³/mol. The molecule has 0 aromatic rings. The van der Waals surface area contributed by atoms with E-state index in [1.807, 2.05) is 0 Å². The van der Waals surface area contributed by atoms with Crippen LogP contribution >= 0.6 is 0 Å². The second kappa shape index (κ2) is 5.80. The van der Waals surface area contributed by atoms with E-state index in [1.165, 1.54) is 19.3 Å². The van der Waals surface area contributed by atoms with Gasteiger partial charge in [0, 0.05) is 13.6 Å². The zero-order valence-corrected chi connectivity index (χ0v) is 8.23. The lowest BCUT2D eigenvalue weighted by atomic mass is 10.0. The molecule has 0 aromatic carbocycles. The third kappa shape index (κ3) is 4.12. The van der Waals surface area contributed by atoms with Crippen molar-refractivity contribution in [1.82, 2.24) is 16.0 Å². The van der Waals surface area contributed by atoms with Crippen LogP contribution in [0.2, 0.25) is 0 Å². The Hall–Kier alpha value is -0.770. The molecule has 4 heteroatoms. The van der Waals surface area contributed by atoms with Gasteiger partial charge in [-0.2, -0.15) is 0 Å². The highest BCUT2D eigenvalue weighted by molar-refractivity contribution is 5.73. The van der Waals surface area contributed by atoms with Gasteiger partial charge >= 0.3 is 6.03 Å². The van der Waals surface area contributed by atoms with E-state index in [9.17, 15) is 4.79 Å². The zero-order valence-electron chi connectivity index (χ0n) is 8.23. The predicted octanol–water partition coefficient (Wildman–Crippen LogP) is 0.305. The molecule has 1 saturated heterocycles. The third-order valence-electron chi connectivity index (χ3n) is 2.43. The lowest BCUT2D eigenvalue weighted by Crippen LogP contribution is -2.38. The molecule has 1 unspecified atom stereocenters. The first kappa shape index (κ1) is 10.3. The van der Waals surface area contributed by atoms with Gasteiger partial charge in [-0.1, -0.05) is 6.42 Å². The van der Waals surface area contributed by atoms with Crippen molar-refractivity contribution >= 4 is 6.03 Å². The molecule has 1 fully saturated rings. The Morgan fingerprint density at radius 2 is 2.38 bits per heavy atom. The summed E-state index contributed by atoms with van der Waals surface area (Å²) in [6.45, 7) is 2.94. The van der Waals surface area contributed by atoms with Crippen LogP contribution in [0.3, 0.4) is 0 Å². The number of amides is 2. The first-order valence-corrected chi connectivity index (χ1v) is 4.99. The Morgan fingerprint density at radius 1 is 1.54 bits per heavy atom. The average Bonchev–Trinajstić information content (AvgIpc) is 2.42. The number of hydrogen-bond acceptors (Lipinski definition) is 2. The van der Waals surface area contributed by atoms with Gasteiger partial charge in [-0.05, 0) is 31.8 Å². The van der Waals surface area contributed by atoms with Crippen molar-refractivity contribution < 1.29 is 4.79 Å². The first-order valence-electron chi connectivity index (χ1n) is 4.99. The summed E-state index contributed by atoms with van der Waals surface area (Å²) in [4.78, 5) is 10.9. The molecular formula is C9H19N3O. The van der Waals surface area contributed by atoms with Crippen LogP contribution in [0.15, 0.2) is 0 Å². The van der Waals surface area contributed by atoms with Crippen molar-refractivity contribution in [1.29, 1.82) is 0 Å². The van der Waals surface area contributed by atoms with E-state index in [1.54, 1.807) is 7.05 Å². The molecule has 0 aliphatic carbocycles. The number of urea groups is 1. The number of hydrogen-bond donors (Lipinski definition) is 3. The van der Waals surface area contributed by atoms with E-state index in [0.29, 0.717) is 5.92 Å². The van der Waals surface area contributed by atoms with Crippen molar-refractivity contribution in [2.45, 2.75) is 19.3 Å². The average molecular weight is 185 g/mol. The van der Waals surface area contributed by atoms with E-state index >= 15 is 0 Å². The van der Waals surface area contributed by atoms with Crippen molar-refractivity contribution in [2.24, 2.45) is 5.92 Å². The molecule has 3 N–H and O–H groups in total. The fraction of sp³-hybridized carbons (Fsp3) is 0.889. The number of carbonyl (C=O) groups is 1. The second-order valence-corrected chi connectivity index (χ2v) is 3.53. The summed E-state index contributed by atoms with van der Waals surface area (Å²) in [7, 11) is 1.64. The highest BCUT2D eigenvalue weighted by Crippen LogP contribution is 2.09. The Morgan fingerprint density at radius 3 is 3.15 bits per heavy atom. The number of rotatable bonds is 2. The maximum atomic E-state index is 10.9. The standard InChI is InChI=1S/C9H19N3O/c1-10-9(13)12-7-8-4-2-3-5-11-6-8/h8,11H,2-7H2,1H3,(H2,10,12,13). The van der Waals surface area contributed by atoms with E-state index in [0.717, 1.165) is 19.6 Å². The summed E-state index contributed by atoms with van der Waals surface area (Å²) in [6, 6.07) is -0.0794. The van der Waals surface area contributed by atoms with Gasteiger partial charge < -0.3 is 16.0 Å². The van der Waals surface area contributed by atoms with E-state index < -0.39 is 0 Å². The first-order chi connectivity index (χ1) is 6.33. The van der Waals surface area contributed by atoms with Crippen LogP contribution in [0, 0.1) is 5.92 Å². The molecule has 13 heavy (non-hydrogen) atoms. The molecule has 0 bridgehead atoms. The minimum atomic E-state index is -0.0794. The van der Waals surface area contributed by atoms with Gasteiger partial charge in [-0.3, -0.25) is 0 Å². The lowest BCUT2D eigenvalue weighted by molar-refractivity contribution is 0.240. The SMILES string of the molecule is CNC(=O)NCC1CCCCNC1. The molecule has 1 aliphatic heterocycles. The van der Waals surface area contributed by atoms with Crippen LogP contribution < -0.4 is 16.0 Å². The van der Waals surface area contributed by atoms with E-state index in [-0.39, 0.29) is 6.03 Å². The van der Waals surface area contributed by atoms with Gasteiger partial charge in [0.2, 0.25) is 0 Å². The lowest BCUT2D eigenvalue weighted by Gasteiger charge is -2.14. The molecule has 1 rings (SSSR count). The Bertz CT molecular complexity index is 153. The molecule has 0 saturated carbocycles. The zero-order chi connectivity index (χ0) is 9.52. The van der Waals surface area contributed by atoms with E-state index in [2.05, 4.69) is 16.0 Å². The minimum Gasteiger partial charge on any atom is -0.341 e. The maximum Gasteiger partial charge on any atom is 0.314 e. The Balaban J connectivity index is 2.15. The molecule has 2 amide bonds. The van der Waals surface area contributed by atoms with Crippen molar-refractivity contribution in [3.8, 4) is 0 Å². The van der Waals surface area contributed by atoms with E-state index in [4.69, 9.17) is 0 Å². The monoisotopic (exact) mass is 185 g/mol. The number of nitrogens with one attached hydrogen (secondary N) is 3. The van der Waals surface area contributed by atoms with Gasteiger partial charge in [-0.25, -0.2) is 4.79 Å². The van der Waals surface area contributed by atoms with Gasteiger partial charge in [0.1, 0.15) is 0 Å². The van der Waals surface area contributed by atoms with Crippen LogP contribution in [0.1, 0.15) is 19.3 Å². The van der Waals surface area contributed by atoms with Crippen LogP contribution in [0.25, 0.3) is 0 Å². The van der Waals surface area contributed by atoms with Crippen LogP contribution in [0.4, 0.5) is 4.79 Å². The molecule has 0 radical (unpaired) electrons. The van der Waals surface area contributed by atoms with Crippen molar-refractivity contribution in [3.63, 3.8) is 0 Å². The smallest absolute Gasteiger partial charge is 0.314 e. The van der Waals surface area contributed by atoms with Gasteiger partial charge in [0.25, 0.3) is 0 Å². The second-order valence-electron chi connectivity index (χ2n) is 3.53. The fourth-order valence-electron chi connectivity index (χ4n) is 1.59. The summed E-state index contributed by atoms with van der Waals surface area (Å²) in [5.74, 6) is 0.597. The topological polar surface area (TPSA) is 53.2 Å². The fourth-order valence-corrected chi connectivity index (χ4v) is 1.59. The molecule has 0 spiro atoms. The van der Waals surface area contributed by atoms with Crippen molar-refractivity contribution in [3.05, 3.63) is 0 Å². The maximum absolute atomic E-state index is 10.9. The summed E-state index contributed by atoms with van der Waals surface area (Å²) in [6.07, 6.45) is 3.75. The molecule has 0 aromatic heterocycles. The van der Waals surface area contributed by atoms with Gasteiger partial charge in [-0.15, -0.1) is 0 Å². The molecular weight excluding hydrogens is 166 g/mol.